The zero-order valence-corrected chi connectivity index (χ0v) is 16.8. The number of benzene rings is 3. The molecule has 148 valence electrons. The summed E-state index contributed by atoms with van der Waals surface area (Å²) in [6, 6.07) is 22.3. The van der Waals surface area contributed by atoms with Crippen LogP contribution in [-0.4, -0.2) is 18.4 Å². The second-order valence-electron chi connectivity index (χ2n) is 6.80. The van der Waals surface area contributed by atoms with E-state index in [4.69, 9.17) is 4.74 Å². The molecule has 5 nitrogen and oxygen atoms in total. The van der Waals surface area contributed by atoms with Crippen LogP contribution >= 0.6 is 0 Å². The van der Waals surface area contributed by atoms with E-state index in [0.717, 1.165) is 16.8 Å². The van der Waals surface area contributed by atoms with E-state index in [-0.39, 0.29) is 18.4 Å². The van der Waals surface area contributed by atoms with Gasteiger partial charge in [0, 0.05) is 12.6 Å². The number of amides is 2. The molecule has 0 spiro atoms. The molecule has 2 amide bonds. The van der Waals surface area contributed by atoms with Gasteiger partial charge in [0.15, 0.2) is 5.75 Å². The van der Waals surface area contributed by atoms with Crippen molar-refractivity contribution in [1.29, 1.82) is 0 Å². The largest absolute Gasteiger partial charge is 0.455 e. The average Bonchev–Trinajstić information content (AvgIpc) is 2.70. The number of carbonyl (C=O) groups excluding carboxylic acids is 2. The quantitative estimate of drug-likeness (QED) is 0.640. The summed E-state index contributed by atoms with van der Waals surface area (Å²) in [6.45, 7) is 5.20. The van der Waals surface area contributed by atoms with Gasteiger partial charge in [0.1, 0.15) is 12.3 Å². The number of aryl methyl sites for hydroxylation is 2. The maximum Gasteiger partial charge on any atom is 0.244 e. The van der Waals surface area contributed by atoms with E-state index in [9.17, 15) is 9.59 Å². The first-order chi connectivity index (χ1) is 14.0. The van der Waals surface area contributed by atoms with Crippen LogP contribution in [0, 0.1) is 13.8 Å². The molecule has 3 aromatic carbocycles. The molecule has 3 rings (SSSR count). The molecule has 0 saturated heterocycles. The molecule has 0 saturated carbocycles. The number of nitrogens with one attached hydrogen (secondary N) is 1. The third-order valence-electron chi connectivity index (χ3n) is 4.55. The van der Waals surface area contributed by atoms with Gasteiger partial charge in [-0.3, -0.25) is 14.5 Å². The fourth-order valence-corrected chi connectivity index (χ4v) is 3.08. The second-order valence-corrected chi connectivity index (χ2v) is 6.80. The maximum atomic E-state index is 12.7. The van der Waals surface area contributed by atoms with E-state index in [0.29, 0.717) is 17.2 Å². The maximum absolute atomic E-state index is 12.7. The molecule has 0 aliphatic heterocycles. The predicted molar refractivity (Wildman–Crippen MR) is 116 cm³/mol. The van der Waals surface area contributed by atoms with Gasteiger partial charge in [-0.25, -0.2) is 0 Å². The first kappa shape index (κ1) is 20.1. The van der Waals surface area contributed by atoms with Gasteiger partial charge in [0.2, 0.25) is 11.8 Å². The first-order valence-electron chi connectivity index (χ1n) is 9.42. The van der Waals surface area contributed by atoms with Crippen molar-refractivity contribution in [3.63, 3.8) is 0 Å². The molecule has 5 heteroatoms. The van der Waals surface area contributed by atoms with Crippen LogP contribution in [0.15, 0.2) is 72.8 Å². The van der Waals surface area contributed by atoms with Crippen LogP contribution < -0.4 is 15.0 Å². The summed E-state index contributed by atoms with van der Waals surface area (Å²) in [5, 5.41) is 2.93. The van der Waals surface area contributed by atoms with E-state index in [1.54, 1.807) is 12.1 Å². The van der Waals surface area contributed by atoms with Crippen LogP contribution in [0.5, 0.6) is 11.5 Å². The molecule has 0 aliphatic rings. The van der Waals surface area contributed by atoms with Crippen molar-refractivity contribution >= 4 is 23.2 Å². The van der Waals surface area contributed by atoms with Crippen LogP contribution in [0.4, 0.5) is 11.4 Å². The molecule has 0 atom stereocenters. The Kier molecular flexibility index (Phi) is 6.29. The SMILES string of the molecule is CC(=O)N(CC(=O)Nc1c(C)cccc1C)c1ccccc1Oc1ccccc1. The number of ether oxygens (including phenoxy) is 1. The molecule has 3 aromatic rings. The van der Waals surface area contributed by atoms with Crippen LogP contribution in [0.3, 0.4) is 0 Å². The van der Waals surface area contributed by atoms with Gasteiger partial charge in [-0.15, -0.1) is 0 Å². The van der Waals surface area contributed by atoms with Crippen molar-refractivity contribution in [2.45, 2.75) is 20.8 Å². The number of carbonyl (C=O) groups is 2. The number of anilines is 2. The molecule has 0 heterocycles. The van der Waals surface area contributed by atoms with E-state index >= 15 is 0 Å². The molecule has 0 aromatic heterocycles. The molecular weight excluding hydrogens is 364 g/mol. The molecule has 0 radical (unpaired) electrons. The number of nitrogens with zero attached hydrogens (tertiary/aromatic N) is 1. The fraction of sp³-hybridized carbons (Fsp3) is 0.167. The number of rotatable bonds is 6. The summed E-state index contributed by atoms with van der Waals surface area (Å²) >= 11 is 0. The van der Waals surface area contributed by atoms with E-state index in [1.165, 1.54) is 11.8 Å². The second kappa shape index (κ2) is 9.06. The van der Waals surface area contributed by atoms with Gasteiger partial charge in [-0.05, 0) is 49.2 Å². The predicted octanol–water partition coefficient (Wildman–Crippen LogP) is 5.09. The minimum absolute atomic E-state index is 0.113. The molecule has 29 heavy (non-hydrogen) atoms. The first-order valence-corrected chi connectivity index (χ1v) is 9.42. The Morgan fingerprint density at radius 1 is 0.862 bits per heavy atom. The van der Waals surface area contributed by atoms with Crippen LogP contribution in [-0.2, 0) is 9.59 Å². The van der Waals surface area contributed by atoms with Crippen molar-refractivity contribution < 1.29 is 14.3 Å². The summed E-state index contributed by atoms with van der Waals surface area (Å²) in [5.74, 6) is 0.648. The highest BCUT2D eigenvalue weighted by Crippen LogP contribution is 2.32. The Hall–Kier alpha value is -3.60. The number of para-hydroxylation sites is 4. The number of hydrogen-bond donors (Lipinski definition) is 1. The van der Waals surface area contributed by atoms with Crippen molar-refractivity contribution in [3.05, 3.63) is 83.9 Å². The molecule has 0 unspecified atom stereocenters. The van der Waals surface area contributed by atoms with Gasteiger partial charge in [-0.1, -0.05) is 48.5 Å². The summed E-state index contributed by atoms with van der Waals surface area (Å²) in [6.07, 6.45) is 0. The monoisotopic (exact) mass is 388 g/mol. The highest BCUT2D eigenvalue weighted by Gasteiger charge is 2.20. The molecule has 1 N–H and O–H groups in total. The van der Waals surface area contributed by atoms with Crippen molar-refractivity contribution in [2.24, 2.45) is 0 Å². The van der Waals surface area contributed by atoms with Crippen LogP contribution in [0.25, 0.3) is 0 Å². The van der Waals surface area contributed by atoms with E-state index < -0.39 is 0 Å². The third kappa shape index (κ3) is 5.02. The third-order valence-corrected chi connectivity index (χ3v) is 4.55. The van der Waals surface area contributed by atoms with Gasteiger partial charge in [0.05, 0.1) is 5.69 Å². The number of hydrogen-bond acceptors (Lipinski definition) is 3. The topological polar surface area (TPSA) is 58.6 Å². The zero-order chi connectivity index (χ0) is 20.8. The van der Waals surface area contributed by atoms with Crippen molar-refractivity contribution in [1.82, 2.24) is 0 Å². The summed E-state index contributed by atoms with van der Waals surface area (Å²) in [4.78, 5) is 26.5. The Labute approximate surface area is 170 Å². The van der Waals surface area contributed by atoms with Crippen molar-refractivity contribution in [3.8, 4) is 11.5 Å². The lowest BCUT2D eigenvalue weighted by Gasteiger charge is -2.23. The van der Waals surface area contributed by atoms with Gasteiger partial charge < -0.3 is 10.1 Å². The van der Waals surface area contributed by atoms with Gasteiger partial charge >= 0.3 is 0 Å². The Morgan fingerprint density at radius 3 is 2.14 bits per heavy atom. The standard InChI is InChI=1S/C24H24N2O3/c1-17-10-9-11-18(2)24(17)25-23(28)16-26(19(3)27)21-14-7-8-15-22(21)29-20-12-5-4-6-13-20/h4-15H,16H2,1-3H3,(H,25,28). The lowest BCUT2D eigenvalue weighted by molar-refractivity contribution is -0.120. The van der Waals surface area contributed by atoms with Crippen LogP contribution in [0.1, 0.15) is 18.1 Å². The van der Waals surface area contributed by atoms with E-state index in [2.05, 4.69) is 5.32 Å². The lowest BCUT2D eigenvalue weighted by atomic mass is 10.1. The summed E-state index contributed by atoms with van der Waals surface area (Å²) in [7, 11) is 0. The Bertz CT molecular complexity index is 995. The normalized spacial score (nSPS) is 10.3. The highest BCUT2D eigenvalue weighted by molar-refractivity contribution is 6.03. The lowest BCUT2D eigenvalue weighted by Crippen LogP contribution is -2.37. The Morgan fingerprint density at radius 2 is 1.48 bits per heavy atom. The fourth-order valence-electron chi connectivity index (χ4n) is 3.08. The minimum Gasteiger partial charge on any atom is -0.455 e. The van der Waals surface area contributed by atoms with Crippen molar-refractivity contribution in [2.75, 3.05) is 16.8 Å². The molecular formula is C24H24N2O3. The summed E-state index contributed by atoms with van der Waals surface area (Å²) in [5.41, 5.74) is 3.26. The zero-order valence-electron chi connectivity index (χ0n) is 16.8. The molecule has 0 fully saturated rings. The van der Waals surface area contributed by atoms with Gasteiger partial charge in [0.25, 0.3) is 0 Å². The van der Waals surface area contributed by atoms with E-state index in [1.807, 2.05) is 74.5 Å². The smallest absolute Gasteiger partial charge is 0.244 e. The molecule has 0 bridgehead atoms. The minimum atomic E-state index is -0.271. The molecule has 0 aliphatic carbocycles. The average molecular weight is 388 g/mol. The Balaban J connectivity index is 1.83. The summed E-state index contributed by atoms with van der Waals surface area (Å²) < 4.78 is 5.95. The van der Waals surface area contributed by atoms with Crippen LogP contribution in [0.2, 0.25) is 0 Å². The van der Waals surface area contributed by atoms with Gasteiger partial charge in [-0.2, -0.15) is 0 Å². The highest BCUT2D eigenvalue weighted by atomic mass is 16.5.